The average molecular weight is 244 g/mol. The molecule has 0 radical (unpaired) electrons. The first-order valence-electron chi connectivity index (χ1n) is 5.44. The van der Waals surface area contributed by atoms with E-state index in [2.05, 4.69) is 4.74 Å². The summed E-state index contributed by atoms with van der Waals surface area (Å²) < 4.78 is 9.59. The second-order valence-electron chi connectivity index (χ2n) is 3.70. The minimum absolute atomic E-state index is 0.393. The van der Waals surface area contributed by atoms with Crippen LogP contribution < -0.4 is 0 Å². The Morgan fingerprint density at radius 1 is 1.17 bits per heavy atom. The second-order valence-corrected chi connectivity index (χ2v) is 3.70. The zero-order chi connectivity index (χ0) is 13.0. The van der Waals surface area contributed by atoms with Gasteiger partial charge >= 0.3 is 11.9 Å². The summed E-state index contributed by atoms with van der Waals surface area (Å²) in [6.45, 7) is 0. The smallest absolute Gasteiger partial charge is 0.331 e. The Morgan fingerprint density at radius 3 is 2.67 bits per heavy atom. The average Bonchev–Trinajstić information content (AvgIpc) is 2.79. The fourth-order valence-corrected chi connectivity index (χ4v) is 1.69. The largest absolute Gasteiger partial charge is 0.466 e. The zero-order valence-corrected chi connectivity index (χ0v) is 9.83. The highest BCUT2D eigenvalue weighted by atomic mass is 16.5. The van der Waals surface area contributed by atoms with Gasteiger partial charge in [-0.2, -0.15) is 0 Å². The van der Waals surface area contributed by atoms with Crippen molar-refractivity contribution in [3.8, 4) is 0 Å². The quantitative estimate of drug-likeness (QED) is 0.603. The number of fused-ring (bicyclic) bond motifs is 1. The fourth-order valence-electron chi connectivity index (χ4n) is 1.69. The van der Waals surface area contributed by atoms with E-state index in [4.69, 9.17) is 4.74 Å². The van der Waals surface area contributed by atoms with Gasteiger partial charge in [0, 0.05) is 17.7 Å². The molecule has 1 atom stereocenters. The topological polar surface area (TPSA) is 52.6 Å². The van der Waals surface area contributed by atoms with E-state index in [-0.39, 0.29) is 0 Å². The maximum absolute atomic E-state index is 11.5. The Morgan fingerprint density at radius 2 is 1.89 bits per heavy atom. The van der Waals surface area contributed by atoms with Gasteiger partial charge in [-0.25, -0.2) is 9.59 Å². The molecule has 1 aromatic rings. The Bertz CT molecular complexity index is 528. The molecule has 0 heterocycles. The summed E-state index contributed by atoms with van der Waals surface area (Å²) in [5, 5.41) is 0. The molecule has 1 aliphatic rings. The van der Waals surface area contributed by atoms with Crippen molar-refractivity contribution in [2.75, 3.05) is 7.11 Å². The molecule has 4 nitrogen and oxygen atoms in total. The first kappa shape index (κ1) is 12.1. The highest BCUT2D eigenvalue weighted by Gasteiger charge is 2.19. The van der Waals surface area contributed by atoms with Crippen LogP contribution in [0.15, 0.2) is 42.5 Å². The third-order valence-electron chi connectivity index (χ3n) is 2.55. The third-order valence-corrected chi connectivity index (χ3v) is 2.55. The normalized spacial score (nSPS) is 16.6. The molecule has 0 bridgehead atoms. The molecule has 92 valence electrons. The number of carbonyl (C=O) groups excluding carboxylic acids is 2. The number of ether oxygens (including phenoxy) is 2. The Kier molecular flexibility index (Phi) is 3.57. The summed E-state index contributed by atoms with van der Waals surface area (Å²) in [5.74, 6) is -1.17. The van der Waals surface area contributed by atoms with E-state index in [9.17, 15) is 9.59 Å². The maximum Gasteiger partial charge on any atom is 0.331 e. The molecular weight excluding hydrogens is 232 g/mol. The Hall–Kier alpha value is -2.36. The van der Waals surface area contributed by atoms with E-state index in [1.54, 1.807) is 6.08 Å². The third kappa shape index (κ3) is 2.66. The molecule has 0 aliphatic heterocycles. The number of methoxy groups -OCH3 is 1. The van der Waals surface area contributed by atoms with Gasteiger partial charge in [-0.15, -0.1) is 0 Å². The molecule has 0 N–H and O–H groups in total. The van der Waals surface area contributed by atoms with Crippen LogP contribution in [0.2, 0.25) is 0 Å². The summed E-state index contributed by atoms with van der Waals surface area (Å²) in [4.78, 5) is 22.3. The van der Waals surface area contributed by atoms with Gasteiger partial charge in [0.2, 0.25) is 0 Å². The van der Waals surface area contributed by atoms with E-state index in [0.29, 0.717) is 0 Å². The van der Waals surface area contributed by atoms with Crippen molar-refractivity contribution >= 4 is 18.0 Å². The molecule has 0 saturated heterocycles. The van der Waals surface area contributed by atoms with E-state index < -0.39 is 18.0 Å². The molecule has 1 unspecified atom stereocenters. The van der Waals surface area contributed by atoms with Crippen LogP contribution in [-0.4, -0.2) is 19.0 Å². The van der Waals surface area contributed by atoms with Crippen LogP contribution in [-0.2, 0) is 19.1 Å². The van der Waals surface area contributed by atoms with Gasteiger partial charge in [-0.05, 0) is 11.6 Å². The minimum atomic E-state index is -0.589. The standard InChI is InChI=1S/C14H12O4/c1-17-13(15)8-9-14(16)18-12-7-6-10-4-2-3-5-11(10)12/h2-9,12H,1H3/b9-8-. The van der Waals surface area contributed by atoms with Crippen LogP contribution in [0.3, 0.4) is 0 Å². The van der Waals surface area contributed by atoms with Crippen molar-refractivity contribution in [1.29, 1.82) is 0 Å². The van der Waals surface area contributed by atoms with E-state index in [1.165, 1.54) is 7.11 Å². The van der Waals surface area contributed by atoms with Crippen molar-refractivity contribution in [1.82, 2.24) is 0 Å². The Balaban J connectivity index is 2.00. The second kappa shape index (κ2) is 5.31. The number of rotatable bonds is 3. The van der Waals surface area contributed by atoms with Crippen LogP contribution in [0.1, 0.15) is 17.2 Å². The number of benzene rings is 1. The molecule has 0 aromatic heterocycles. The predicted molar refractivity (Wildman–Crippen MR) is 65.5 cm³/mol. The molecular formula is C14H12O4. The van der Waals surface area contributed by atoms with Gasteiger partial charge < -0.3 is 9.47 Å². The molecule has 18 heavy (non-hydrogen) atoms. The lowest BCUT2D eigenvalue weighted by molar-refractivity contribution is -0.142. The monoisotopic (exact) mass is 244 g/mol. The summed E-state index contributed by atoms with van der Waals surface area (Å²) in [6.07, 6.45) is 5.40. The molecule has 1 aromatic carbocycles. The van der Waals surface area contributed by atoms with Crippen molar-refractivity contribution < 1.29 is 19.1 Å². The molecule has 0 saturated carbocycles. The van der Waals surface area contributed by atoms with Crippen LogP contribution in [0.25, 0.3) is 6.08 Å². The van der Waals surface area contributed by atoms with Crippen molar-refractivity contribution in [3.05, 3.63) is 53.6 Å². The van der Waals surface area contributed by atoms with E-state index >= 15 is 0 Å². The maximum atomic E-state index is 11.5. The molecule has 4 heteroatoms. The summed E-state index contributed by atoms with van der Waals surface area (Å²) >= 11 is 0. The Labute approximate surface area is 105 Å². The lowest BCUT2D eigenvalue weighted by Crippen LogP contribution is -2.07. The van der Waals surface area contributed by atoms with Gasteiger partial charge in [0.05, 0.1) is 7.11 Å². The van der Waals surface area contributed by atoms with E-state index in [1.807, 2.05) is 30.3 Å². The van der Waals surface area contributed by atoms with E-state index in [0.717, 1.165) is 23.3 Å². The van der Waals surface area contributed by atoms with Crippen LogP contribution in [0.4, 0.5) is 0 Å². The molecule has 1 aliphatic carbocycles. The highest BCUT2D eigenvalue weighted by molar-refractivity contribution is 5.91. The molecule has 0 spiro atoms. The first-order chi connectivity index (χ1) is 8.70. The SMILES string of the molecule is COC(=O)/C=C\C(=O)OC1C=Cc2ccccc21. The minimum Gasteiger partial charge on any atom is -0.466 e. The summed E-state index contributed by atoms with van der Waals surface area (Å²) in [5.41, 5.74) is 1.98. The summed E-state index contributed by atoms with van der Waals surface area (Å²) in [7, 11) is 1.24. The predicted octanol–water partition coefficient (Wildman–Crippen LogP) is 2.03. The number of hydrogen-bond donors (Lipinski definition) is 0. The van der Waals surface area contributed by atoms with Crippen molar-refractivity contribution in [2.24, 2.45) is 0 Å². The van der Waals surface area contributed by atoms with Crippen molar-refractivity contribution in [2.45, 2.75) is 6.10 Å². The van der Waals surface area contributed by atoms with Gasteiger partial charge in [0.15, 0.2) is 0 Å². The van der Waals surface area contributed by atoms with Gasteiger partial charge in [-0.3, -0.25) is 0 Å². The van der Waals surface area contributed by atoms with Crippen molar-refractivity contribution in [3.63, 3.8) is 0 Å². The van der Waals surface area contributed by atoms with Crippen LogP contribution >= 0.6 is 0 Å². The molecule has 2 rings (SSSR count). The first-order valence-corrected chi connectivity index (χ1v) is 5.44. The van der Waals surface area contributed by atoms with Gasteiger partial charge in [0.25, 0.3) is 0 Å². The lowest BCUT2D eigenvalue weighted by Gasteiger charge is -2.10. The van der Waals surface area contributed by atoms with Gasteiger partial charge in [-0.1, -0.05) is 30.3 Å². The number of hydrogen-bond acceptors (Lipinski definition) is 4. The van der Waals surface area contributed by atoms with Crippen LogP contribution in [0.5, 0.6) is 0 Å². The summed E-state index contributed by atoms with van der Waals surface area (Å²) in [6, 6.07) is 7.66. The van der Waals surface area contributed by atoms with Crippen LogP contribution in [0, 0.1) is 0 Å². The highest BCUT2D eigenvalue weighted by Crippen LogP contribution is 2.30. The molecule has 0 fully saturated rings. The number of carbonyl (C=O) groups is 2. The lowest BCUT2D eigenvalue weighted by atomic mass is 10.1. The van der Waals surface area contributed by atoms with Gasteiger partial charge in [0.1, 0.15) is 6.10 Å². The fraction of sp³-hybridized carbons (Fsp3) is 0.143. The number of esters is 2. The zero-order valence-electron chi connectivity index (χ0n) is 9.83. The molecule has 0 amide bonds.